The normalized spacial score (nSPS) is 26.0. The van der Waals surface area contributed by atoms with Gasteiger partial charge < -0.3 is 28.1 Å². The quantitative estimate of drug-likeness (QED) is 0.196. The van der Waals surface area contributed by atoms with Crippen molar-refractivity contribution >= 4 is 26.2 Å². The number of ether oxygens (including phenoxy) is 5. The molecule has 10 heteroatoms. The van der Waals surface area contributed by atoms with Gasteiger partial charge in [-0.05, 0) is 30.6 Å². The van der Waals surface area contributed by atoms with E-state index in [1.807, 2.05) is 13.0 Å². The molecule has 190 valence electrons. The van der Waals surface area contributed by atoms with E-state index in [9.17, 15) is 14.4 Å². The second kappa shape index (κ2) is 12.5. The zero-order valence-corrected chi connectivity index (χ0v) is 22.3. The summed E-state index contributed by atoms with van der Waals surface area (Å²) in [7, 11) is -2.18. The highest BCUT2D eigenvalue weighted by Gasteiger charge is 2.53. The average Bonchev–Trinajstić information content (AvgIpc) is 2.66. The molecule has 0 aromatic heterocycles. The van der Waals surface area contributed by atoms with Gasteiger partial charge in [0, 0.05) is 20.8 Å². The number of allylic oxidation sites excluding steroid dienone is 1. The summed E-state index contributed by atoms with van der Waals surface area (Å²) in [5.41, 5.74) is 0. The lowest BCUT2D eigenvalue weighted by Gasteiger charge is -2.45. The van der Waals surface area contributed by atoms with Crippen molar-refractivity contribution in [3.8, 4) is 0 Å². The summed E-state index contributed by atoms with van der Waals surface area (Å²) in [5, 5.41) is -0.0625. The molecule has 1 rings (SSSR count). The first kappa shape index (κ1) is 29.1. The second-order valence-corrected chi connectivity index (χ2v) is 14.4. The Morgan fingerprint density at radius 3 is 1.91 bits per heavy atom. The second-order valence-electron chi connectivity index (χ2n) is 9.63. The topological polar surface area (TPSA) is 107 Å². The largest absolute Gasteiger partial charge is 0.469 e. The highest BCUT2D eigenvalue weighted by atomic mass is 28.4. The number of esters is 3. The molecule has 33 heavy (non-hydrogen) atoms. The summed E-state index contributed by atoms with van der Waals surface area (Å²) < 4.78 is 34.5. The standard InChI is InChI=1S/C23H40O9Si/c1-10-11-12-13-27-22-21(31-17(4)26)20(30-16(3)25)19(29-15(2)24)18(32-22)14-28-33(8,9)23(5,6)7/h12-13,18-22H,10-11,14H2,1-9H3/t18-,19+,20+,21-,22-/m1/s1. The molecule has 1 fully saturated rings. The molecule has 0 saturated carbocycles. The Kier molecular flexibility index (Phi) is 11.0. The van der Waals surface area contributed by atoms with Crippen LogP contribution in [0.1, 0.15) is 61.3 Å². The molecule has 0 aliphatic carbocycles. The van der Waals surface area contributed by atoms with Gasteiger partial charge in [0.2, 0.25) is 12.4 Å². The van der Waals surface area contributed by atoms with Crippen molar-refractivity contribution in [1.82, 2.24) is 0 Å². The summed E-state index contributed by atoms with van der Waals surface area (Å²) in [5.74, 6) is -1.84. The molecule has 1 saturated heterocycles. The number of rotatable bonds is 10. The third-order valence-corrected chi connectivity index (χ3v) is 10.2. The van der Waals surface area contributed by atoms with E-state index < -0.39 is 56.9 Å². The molecular weight excluding hydrogens is 448 g/mol. The summed E-state index contributed by atoms with van der Waals surface area (Å²) in [6, 6.07) is 0. The van der Waals surface area contributed by atoms with Crippen LogP contribution in [0.5, 0.6) is 0 Å². The molecule has 1 aliphatic rings. The smallest absolute Gasteiger partial charge is 0.303 e. The van der Waals surface area contributed by atoms with Gasteiger partial charge >= 0.3 is 17.9 Å². The van der Waals surface area contributed by atoms with Crippen molar-refractivity contribution in [3.05, 3.63) is 12.3 Å². The molecule has 0 amide bonds. The zero-order chi connectivity index (χ0) is 25.4. The van der Waals surface area contributed by atoms with Crippen molar-refractivity contribution in [2.24, 2.45) is 0 Å². The minimum absolute atomic E-state index is 0.0625. The Hall–Kier alpha value is -1.91. The van der Waals surface area contributed by atoms with Crippen LogP contribution in [0.2, 0.25) is 18.1 Å². The van der Waals surface area contributed by atoms with E-state index in [1.165, 1.54) is 27.0 Å². The van der Waals surface area contributed by atoms with Crippen LogP contribution in [0, 0.1) is 0 Å². The molecule has 1 aliphatic heterocycles. The van der Waals surface area contributed by atoms with E-state index in [1.54, 1.807) is 0 Å². The average molecular weight is 489 g/mol. The predicted octanol–water partition coefficient (Wildman–Crippen LogP) is 3.86. The SMILES string of the molecule is CCCC=CO[C@@H]1O[C@H](CO[Si](C)(C)C(C)(C)C)[C@H](OC(C)=O)[C@H](OC(C)=O)[C@H]1OC(C)=O. The van der Waals surface area contributed by atoms with Gasteiger partial charge in [0.15, 0.2) is 20.5 Å². The Labute approximate surface area is 198 Å². The zero-order valence-electron chi connectivity index (χ0n) is 21.3. The lowest BCUT2D eigenvalue weighted by molar-refractivity contribution is -0.295. The molecule has 1 heterocycles. The third kappa shape index (κ3) is 9.09. The summed E-state index contributed by atoms with van der Waals surface area (Å²) in [6.45, 7) is 16.3. The van der Waals surface area contributed by atoms with Gasteiger partial charge in [0.1, 0.15) is 6.10 Å². The lowest BCUT2D eigenvalue weighted by Crippen LogP contribution is -2.63. The highest BCUT2D eigenvalue weighted by molar-refractivity contribution is 6.74. The maximum Gasteiger partial charge on any atom is 0.303 e. The van der Waals surface area contributed by atoms with Gasteiger partial charge in [0.05, 0.1) is 12.9 Å². The minimum atomic E-state index is -2.18. The molecule has 0 unspecified atom stereocenters. The first-order chi connectivity index (χ1) is 15.2. The molecule has 9 nitrogen and oxygen atoms in total. The van der Waals surface area contributed by atoms with E-state index in [2.05, 4.69) is 33.9 Å². The molecule has 0 spiro atoms. The van der Waals surface area contributed by atoms with E-state index in [0.717, 1.165) is 12.8 Å². The van der Waals surface area contributed by atoms with Crippen molar-refractivity contribution in [2.75, 3.05) is 6.61 Å². The van der Waals surface area contributed by atoms with Crippen molar-refractivity contribution < 1.29 is 42.5 Å². The lowest BCUT2D eigenvalue weighted by atomic mass is 9.98. The highest BCUT2D eigenvalue weighted by Crippen LogP contribution is 2.38. The van der Waals surface area contributed by atoms with Crippen LogP contribution in [0.15, 0.2) is 12.3 Å². The van der Waals surface area contributed by atoms with Crippen LogP contribution in [0.25, 0.3) is 0 Å². The molecule has 0 aromatic carbocycles. The monoisotopic (exact) mass is 488 g/mol. The number of carbonyl (C=O) groups excluding carboxylic acids is 3. The minimum Gasteiger partial charge on any atom is -0.469 e. The molecule has 5 atom stereocenters. The fourth-order valence-electron chi connectivity index (χ4n) is 2.97. The number of unbranched alkanes of at least 4 members (excludes halogenated alkanes) is 1. The molecule has 0 aromatic rings. The van der Waals surface area contributed by atoms with E-state index in [0.29, 0.717) is 0 Å². The molecular formula is C23H40O9Si. The van der Waals surface area contributed by atoms with E-state index in [-0.39, 0.29) is 11.6 Å². The fraction of sp³-hybridized carbons (Fsp3) is 0.783. The van der Waals surface area contributed by atoms with Gasteiger partial charge in [-0.25, -0.2) is 0 Å². The Balaban J connectivity index is 3.33. The first-order valence-electron chi connectivity index (χ1n) is 11.3. The van der Waals surface area contributed by atoms with Crippen molar-refractivity contribution in [3.63, 3.8) is 0 Å². The van der Waals surface area contributed by atoms with Crippen LogP contribution < -0.4 is 0 Å². The number of carbonyl (C=O) groups is 3. The Bertz CT molecular complexity index is 699. The van der Waals surface area contributed by atoms with E-state index >= 15 is 0 Å². The third-order valence-electron chi connectivity index (χ3n) is 5.68. The predicted molar refractivity (Wildman–Crippen MR) is 124 cm³/mol. The summed E-state index contributed by atoms with van der Waals surface area (Å²) in [6.07, 6.45) is -0.261. The van der Waals surface area contributed by atoms with Gasteiger partial charge in [-0.1, -0.05) is 34.1 Å². The molecule has 0 N–H and O–H groups in total. The first-order valence-corrected chi connectivity index (χ1v) is 14.2. The van der Waals surface area contributed by atoms with Crippen molar-refractivity contribution in [1.29, 1.82) is 0 Å². The maximum absolute atomic E-state index is 11.9. The Morgan fingerprint density at radius 2 is 1.42 bits per heavy atom. The fourth-order valence-corrected chi connectivity index (χ4v) is 3.99. The molecule has 0 bridgehead atoms. The van der Waals surface area contributed by atoms with Crippen LogP contribution in [-0.2, 0) is 42.5 Å². The van der Waals surface area contributed by atoms with Crippen LogP contribution >= 0.6 is 0 Å². The van der Waals surface area contributed by atoms with Gasteiger partial charge in [0.25, 0.3) is 0 Å². The van der Waals surface area contributed by atoms with Crippen LogP contribution in [-0.4, -0.2) is 63.5 Å². The molecule has 0 radical (unpaired) electrons. The van der Waals surface area contributed by atoms with Gasteiger partial charge in [-0.2, -0.15) is 0 Å². The van der Waals surface area contributed by atoms with Gasteiger partial charge in [-0.3, -0.25) is 14.4 Å². The van der Waals surface area contributed by atoms with Crippen LogP contribution in [0.4, 0.5) is 0 Å². The summed E-state index contributed by atoms with van der Waals surface area (Å²) >= 11 is 0. The Morgan fingerprint density at radius 1 is 0.909 bits per heavy atom. The van der Waals surface area contributed by atoms with Gasteiger partial charge in [-0.15, -0.1) is 0 Å². The maximum atomic E-state index is 11.9. The van der Waals surface area contributed by atoms with Crippen LogP contribution in [0.3, 0.4) is 0 Å². The van der Waals surface area contributed by atoms with Crippen molar-refractivity contribution in [2.45, 2.75) is 110 Å². The van der Waals surface area contributed by atoms with E-state index in [4.69, 9.17) is 28.1 Å². The number of hydrogen-bond donors (Lipinski definition) is 0. The summed E-state index contributed by atoms with van der Waals surface area (Å²) in [4.78, 5) is 35.6. The number of hydrogen-bond acceptors (Lipinski definition) is 9.